The summed E-state index contributed by atoms with van der Waals surface area (Å²) in [7, 11) is 1.65. The van der Waals surface area contributed by atoms with Crippen LogP contribution >= 0.6 is 0 Å². The van der Waals surface area contributed by atoms with Crippen molar-refractivity contribution < 1.29 is 9.53 Å². The van der Waals surface area contributed by atoms with Crippen molar-refractivity contribution in [3.05, 3.63) is 53.7 Å². The SMILES string of the molecule is CCN(CC)C(=O)c1ccnc(NCc2ccc(OC)cc2)c1. The molecule has 0 saturated carbocycles. The van der Waals surface area contributed by atoms with Crippen molar-refractivity contribution in [1.29, 1.82) is 0 Å². The van der Waals surface area contributed by atoms with Crippen LogP contribution in [0.5, 0.6) is 5.75 Å². The van der Waals surface area contributed by atoms with Gasteiger partial charge in [0.05, 0.1) is 7.11 Å². The van der Waals surface area contributed by atoms with Crippen molar-refractivity contribution in [3.8, 4) is 5.75 Å². The summed E-state index contributed by atoms with van der Waals surface area (Å²) in [5.74, 6) is 1.56. The Morgan fingerprint density at radius 3 is 2.48 bits per heavy atom. The van der Waals surface area contributed by atoms with E-state index in [1.807, 2.05) is 38.1 Å². The van der Waals surface area contributed by atoms with Crippen LogP contribution in [0.1, 0.15) is 29.8 Å². The van der Waals surface area contributed by atoms with Crippen molar-refractivity contribution in [1.82, 2.24) is 9.88 Å². The van der Waals surface area contributed by atoms with E-state index in [9.17, 15) is 4.79 Å². The summed E-state index contributed by atoms with van der Waals surface area (Å²) in [6.07, 6.45) is 1.66. The molecule has 0 fully saturated rings. The molecule has 23 heavy (non-hydrogen) atoms. The molecule has 0 radical (unpaired) electrons. The Labute approximate surface area is 137 Å². The molecule has 0 bridgehead atoms. The zero-order valence-electron chi connectivity index (χ0n) is 13.9. The molecule has 5 nitrogen and oxygen atoms in total. The molecule has 0 aliphatic carbocycles. The first kappa shape index (κ1) is 16.8. The maximum absolute atomic E-state index is 12.4. The smallest absolute Gasteiger partial charge is 0.254 e. The van der Waals surface area contributed by atoms with E-state index in [1.54, 1.807) is 30.3 Å². The molecule has 1 aromatic heterocycles. The fourth-order valence-electron chi connectivity index (χ4n) is 2.29. The number of hydrogen-bond acceptors (Lipinski definition) is 4. The first-order valence-corrected chi connectivity index (χ1v) is 7.80. The summed E-state index contributed by atoms with van der Waals surface area (Å²) >= 11 is 0. The lowest BCUT2D eigenvalue weighted by Crippen LogP contribution is -2.30. The third-order valence-electron chi connectivity index (χ3n) is 3.69. The third-order valence-corrected chi connectivity index (χ3v) is 3.69. The summed E-state index contributed by atoms with van der Waals surface area (Å²) in [6.45, 7) is 6.00. The van der Waals surface area contributed by atoms with Crippen molar-refractivity contribution in [2.24, 2.45) is 0 Å². The number of aromatic nitrogens is 1. The van der Waals surface area contributed by atoms with Gasteiger partial charge < -0.3 is 15.0 Å². The van der Waals surface area contributed by atoms with Gasteiger partial charge in [-0.3, -0.25) is 4.79 Å². The van der Waals surface area contributed by atoms with Crippen LogP contribution in [-0.4, -0.2) is 36.0 Å². The van der Waals surface area contributed by atoms with Gasteiger partial charge in [0.1, 0.15) is 11.6 Å². The van der Waals surface area contributed by atoms with Gasteiger partial charge in [-0.25, -0.2) is 4.98 Å². The van der Waals surface area contributed by atoms with Crippen molar-refractivity contribution >= 4 is 11.7 Å². The van der Waals surface area contributed by atoms with Gasteiger partial charge in [-0.15, -0.1) is 0 Å². The van der Waals surface area contributed by atoms with E-state index < -0.39 is 0 Å². The molecule has 0 aliphatic heterocycles. The van der Waals surface area contributed by atoms with Crippen LogP contribution in [0.3, 0.4) is 0 Å². The number of ether oxygens (including phenoxy) is 1. The topological polar surface area (TPSA) is 54.5 Å². The first-order chi connectivity index (χ1) is 11.2. The fourth-order valence-corrected chi connectivity index (χ4v) is 2.29. The maximum atomic E-state index is 12.4. The molecule has 1 aromatic carbocycles. The Kier molecular flexibility index (Phi) is 5.97. The minimum Gasteiger partial charge on any atom is -0.497 e. The molecule has 0 spiro atoms. The van der Waals surface area contributed by atoms with Gasteiger partial charge in [0.15, 0.2) is 0 Å². The molecule has 1 heterocycles. The summed E-state index contributed by atoms with van der Waals surface area (Å²) < 4.78 is 5.14. The summed E-state index contributed by atoms with van der Waals surface area (Å²) in [6, 6.07) is 11.4. The fraction of sp³-hybridized carbons (Fsp3) is 0.333. The number of methoxy groups -OCH3 is 1. The van der Waals surface area contributed by atoms with Crippen LogP contribution in [0.2, 0.25) is 0 Å². The molecule has 0 unspecified atom stereocenters. The number of benzene rings is 1. The highest BCUT2D eigenvalue weighted by Crippen LogP contribution is 2.14. The van der Waals surface area contributed by atoms with E-state index in [0.717, 1.165) is 11.3 Å². The van der Waals surface area contributed by atoms with Crippen LogP contribution in [-0.2, 0) is 6.54 Å². The summed E-state index contributed by atoms with van der Waals surface area (Å²) in [5, 5.41) is 3.25. The van der Waals surface area contributed by atoms with Gasteiger partial charge in [0.2, 0.25) is 0 Å². The average Bonchev–Trinajstić information content (AvgIpc) is 2.61. The van der Waals surface area contributed by atoms with Gasteiger partial charge in [-0.2, -0.15) is 0 Å². The molecule has 1 N–H and O–H groups in total. The first-order valence-electron chi connectivity index (χ1n) is 7.80. The Balaban J connectivity index is 2.03. The number of rotatable bonds is 7. The highest BCUT2D eigenvalue weighted by Gasteiger charge is 2.12. The van der Waals surface area contributed by atoms with Gasteiger partial charge >= 0.3 is 0 Å². The van der Waals surface area contributed by atoms with E-state index in [2.05, 4.69) is 10.3 Å². The summed E-state index contributed by atoms with van der Waals surface area (Å²) in [5.41, 5.74) is 1.77. The Bertz CT molecular complexity index is 637. The van der Waals surface area contributed by atoms with E-state index in [0.29, 0.717) is 31.0 Å². The van der Waals surface area contributed by atoms with Gasteiger partial charge in [-0.1, -0.05) is 12.1 Å². The number of carbonyl (C=O) groups excluding carboxylic acids is 1. The number of nitrogens with zero attached hydrogens (tertiary/aromatic N) is 2. The second-order valence-corrected chi connectivity index (χ2v) is 5.11. The normalized spacial score (nSPS) is 10.2. The zero-order valence-corrected chi connectivity index (χ0v) is 13.9. The molecule has 122 valence electrons. The van der Waals surface area contributed by atoms with Crippen molar-refractivity contribution in [2.45, 2.75) is 20.4 Å². The van der Waals surface area contributed by atoms with Gasteiger partial charge in [-0.05, 0) is 43.7 Å². The van der Waals surface area contributed by atoms with Crippen LogP contribution < -0.4 is 10.1 Å². The second-order valence-electron chi connectivity index (χ2n) is 5.11. The van der Waals surface area contributed by atoms with Crippen LogP contribution in [0, 0.1) is 0 Å². The average molecular weight is 313 g/mol. The third kappa shape index (κ3) is 4.45. The van der Waals surface area contributed by atoms with E-state index in [4.69, 9.17) is 4.74 Å². The molecule has 0 saturated heterocycles. The maximum Gasteiger partial charge on any atom is 0.254 e. The largest absolute Gasteiger partial charge is 0.497 e. The standard InChI is InChI=1S/C18H23N3O2/c1-4-21(5-2)18(22)15-10-11-19-17(12-15)20-13-14-6-8-16(23-3)9-7-14/h6-12H,4-5,13H2,1-3H3,(H,19,20). The molecule has 5 heteroatoms. The molecule has 1 amide bonds. The lowest BCUT2D eigenvalue weighted by Gasteiger charge is -2.18. The van der Waals surface area contributed by atoms with E-state index >= 15 is 0 Å². The van der Waals surface area contributed by atoms with Crippen LogP contribution in [0.15, 0.2) is 42.6 Å². The highest BCUT2D eigenvalue weighted by molar-refractivity contribution is 5.94. The van der Waals surface area contributed by atoms with Gasteiger partial charge in [0.25, 0.3) is 5.91 Å². The number of nitrogens with one attached hydrogen (secondary N) is 1. The molecular formula is C18H23N3O2. The molecule has 0 atom stereocenters. The minimum atomic E-state index is 0.0323. The number of hydrogen-bond donors (Lipinski definition) is 1. The molecule has 2 rings (SSSR count). The van der Waals surface area contributed by atoms with E-state index in [-0.39, 0.29) is 5.91 Å². The number of anilines is 1. The minimum absolute atomic E-state index is 0.0323. The Morgan fingerprint density at radius 2 is 1.87 bits per heavy atom. The number of carbonyl (C=O) groups is 1. The Hall–Kier alpha value is -2.56. The number of pyridine rings is 1. The van der Waals surface area contributed by atoms with E-state index in [1.165, 1.54) is 0 Å². The molecule has 2 aromatic rings. The summed E-state index contributed by atoms with van der Waals surface area (Å²) in [4.78, 5) is 18.4. The van der Waals surface area contributed by atoms with Crippen molar-refractivity contribution in [3.63, 3.8) is 0 Å². The zero-order chi connectivity index (χ0) is 16.7. The number of amides is 1. The quantitative estimate of drug-likeness (QED) is 0.853. The lowest BCUT2D eigenvalue weighted by molar-refractivity contribution is 0.0773. The monoisotopic (exact) mass is 313 g/mol. The van der Waals surface area contributed by atoms with Crippen LogP contribution in [0.4, 0.5) is 5.82 Å². The highest BCUT2D eigenvalue weighted by atomic mass is 16.5. The van der Waals surface area contributed by atoms with Crippen LogP contribution in [0.25, 0.3) is 0 Å². The predicted octanol–water partition coefficient (Wildman–Crippen LogP) is 3.18. The van der Waals surface area contributed by atoms with Gasteiger partial charge in [0, 0.05) is 31.4 Å². The van der Waals surface area contributed by atoms with Crippen molar-refractivity contribution in [2.75, 3.05) is 25.5 Å². The lowest BCUT2D eigenvalue weighted by atomic mass is 10.2. The Morgan fingerprint density at radius 1 is 1.17 bits per heavy atom. The molecule has 0 aliphatic rings. The molecular weight excluding hydrogens is 290 g/mol. The second kappa shape index (κ2) is 8.17. The predicted molar refractivity (Wildman–Crippen MR) is 91.8 cm³/mol.